The van der Waals surface area contributed by atoms with Crippen molar-refractivity contribution in [1.29, 1.82) is 0 Å². The number of carbonyl (C=O) groups is 1. The molecular weight excluding hydrogens is 184 g/mol. The van der Waals surface area contributed by atoms with Gasteiger partial charge in [-0.3, -0.25) is 4.79 Å². The lowest BCUT2D eigenvalue weighted by Gasteiger charge is -2.03. The van der Waals surface area contributed by atoms with Crippen molar-refractivity contribution in [3.63, 3.8) is 0 Å². The number of hydrogen-bond acceptors (Lipinski definition) is 3. The van der Waals surface area contributed by atoms with E-state index < -0.39 is 5.91 Å². The number of pyridine rings is 1. The fourth-order valence-corrected chi connectivity index (χ4v) is 1.67. The fraction of sp³-hybridized carbons (Fsp3) is 0.333. The van der Waals surface area contributed by atoms with Crippen LogP contribution in [0.15, 0.2) is 23.4 Å². The summed E-state index contributed by atoms with van der Waals surface area (Å²) in [7, 11) is 0. The Balaban J connectivity index is 2.85. The third kappa shape index (κ3) is 3.06. The van der Waals surface area contributed by atoms with E-state index in [2.05, 4.69) is 18.8 Å². The van der Waals surface area contributed by atoms with Crippen LogP contribution in [0.25, 0.3) is 0 Å². The SMILES string of the molecule is CC(C)Sc1cc(C(N)=O)ccn1. The Morgan fingerprint density at radius 1 is 1.62 bits per heavy atom. The smallest absolute Gasteiger partial charge is 0.248 e. The first-order valence-electron chi connectivity index (χ1n) is 4.02. The number of nitrogens with zero attached hydrogens (tertiary/aromatic N) is 1. The van der Waals surface area contributed by atoms with E-state index in [0.717, 1.165) is 5.03 Å². The Kier molecular flexibility index (Phi) is 3.31. The molecule has 2 N–H and O–H groups in total. The second-order valence-corrected chi connectivity index (χ2v) is 4.51. The Bertz CT molecular complexity index is 312. The van der Waals surface area contributed by atoms with Gasteiger partial charge in [-0.1, -0.05) is 13.8 Å². The van der Waals surface area contributed by atoms with Crippen molar-refractivity contribution < 1.29 is 4.79 Å². The molecule has 1 aromatic heterocycles. The molecule has 3 nitrogen and oxygen atoms in total. The van der Waals surface area contributed by atoms with Gasteiger partial charge < -0.3 is 5.73 Å². The first-order chi connectivity index (χ1) is 6.09. The lowest BCUT2D eigenvalue weighted by molar-refractivity contribution is 0.1000. The molecule has 1 heterocycles. The summed E-state index contributed by atoms with van der Waals surface area (Å²) < 4.78 is 0. The second kappa shape index (κ2) is 4.28. The Morgan fingerprint density at radius 3 is 2.85 bits per heavy atom. The molecule has 0 aliphatic carbocycles. The quantitative estimate of drug-likeness (QED) is 0.748. The van der Waals surface area contributed by atoms with Crippen molar-refractivity contribution in [2.24, 2.45) is 5.73 Å². The number of rotatable bonds is 3. The van der Waals surface area contributed by atoms with E-state index in [9.17, 15) is 4.79 Å². The molecule has 0 aliphatic heterocycles. The van der Waals surface area contributed by atoms with Crippen molar-refractivity contribution in [3.8, 4) is 0 Å². The van der Waals surface area contributed by atoms with Gasteiger partial charge in [0.1, 0.15) is 0 Å². The van der Waals surface area contributed by atoms with E-state index in [4.69, 9.17) is 5.73 Å². The van der Waals surface area contributed by atoms with Gasteiger partial charge in [0.15, 0.2) is 0 Å². The van der Waals surface area contributed by atoms with Gasteiger partial charge in [-0.05, 0) is 12.1 Å². The third-order valence-electron chi connectivity index (χ3n) is 1.38. The molecule has 0 fully saturated rings. The van der Waals surface area contributed by atoms with Crippen molar-refractivity contribution in [1.82, 2.24) is 4.98 Å². The molecule has 0 saturated heterocycles. The van der Waals surface area contributed by atoms with Gasteiger partial charge in [0, 0.05) is 17.0 Å². The summed E-state index contributed by atoms with van der Waals surface area (Å²) in [5, 5.41) is 1.29. The standard InChI is InChI=1S/C9H12N2OS/c1-6(2)13-8-5-7(9(10)12)3-4-11-8/h3-6H,1-2H3,(H2,10,12). The van der Waals surface area contributed by atoms with Crippen LogP contribution in [0.5, 0.6) is 0 Å². The van der Waals surface area contributed by atoms with Crippen molar-refractivity contribution in [2.75, 3.05) is 0 Å². The van der Waals surface area contributed by atoms with E-state index in [1.807, 2.05) is 0 Å². The number of nitrogens with two attached hydrogens (primary N) is 1. The van der Waals surface area contributed by atoms with Gasteiger partial charge in [-0.15, -0.1) is 11.8 Å². The zero-order valence-electron chi connectivity index (χ0n) is 7.65. The van der Waals surface area contributed by atoms with Crippen LogP contribution in [-0.2, 0) is 0 Å². The van der Waals surface area contributed by atoms with Crippen LogP contribution < -0.4 is 5.73 Å². The number of carbonyl (C=O) groups excluding carboxylic acids is 1. The lowest BCUT2D eigenvalue weighted by Crippen LogP contribution is -2.11. The highest BCUT2D eigenvalue weighted by atomic mass is 32.2. The lowest BCUT2D eigenvalue weighted by atomic mass is 10.3. The van der Waals surface area contributed by atoms with Crippen molar-refractivity contribution in [2.45, 2.75) is 24.1 Å². The third-order valence-corrected chi connectivity index (χ3v) is 2.31. The van der Waals surface area contributed by atoms with Gasteiger partial charge >= 0.3 is 0 Å². The molecule has 0 unspecified atom stereocenters. The van der Waals surface area contributed by atoms with Gasteiger partial charge in [0.2, 0.25) is 5.91 Å². The van der Waals surface area contributed by atoms with Gasteiger partial charge in [0.25, 0.3) is 0 Å². The minimum atomic E-state index is -0.409. The maximum absolute atomic E-state index is 10.8. The molecule has 0 atom stereocenters. The number of hydrogen-bond donors (Lipinski definition) is 1. The number of aromatic nitrogens is 1. The summed E-state index contributed by atoms with van der Waals surface area (Å²) in [6.45, 7) is 4.15. The molecule has 0 radical (unpaired) electrons. The van der Waals surface area contributed by atoms with Crippen LogP contribution in [0.4, 0.5) is 0 Å². The summed E-state index contributed by atoms with van der Waals surface area (Å²) in [5.41, 5.74) is 5.65. The number of thioether (sulfide) groups is 1. The maximum atomic E-state index is 10.8. The molecular formula is C9H12N2OS. The Morgan fingerprint density at radius 2 is 2.31 bits per heavy atom. The van der Waals surface area contributed by atoms with E-state index in [-0.39, 0.29) is 0 Å². The van der Waals surface area contributed by atoms with E-state index >= 15 is 0 Å². The monoisotopic (exact) mass is 196 g/mol. The van der Waals surface area contributed by atoms with Crippen LogP contribution in [0.3, 0.4) is 0 Å². The molecule has 1 amide bonds. The van der Waals surface area contributed by atoms with Crippen molar-refractivity contribution in [3.05, 3.63) is 23.9 Å². The molecule has 1 aromatic rings. The van der Waals surface area contributed by atoms with Gasteiger partial charge in [0.05, 0.1) is 5.03 Å². The highest BCUT2D eigenvalue weighted by Crippen LogP contribution is 2.20. The largest absolute Gasteiger partial charge is 0.366 e. The molecule has 0 aliphatic rings. The molecule has 13 heavy (non-hydrogen) atoms. The van der Waals surface area contributed by atoms with Crippen LogP contribution in [0, 0.1) is 0 Å². The summed E-state index contributed by atoms with van der Waals surface area (Å²) >= 11 is 1.61. The first-order valence-corrected chi connectivity index (χ1v) is 4.90. The van der Waals surface area contributed by atoms with E-state index in [1.165, 1.54) is 0 Å². The predicted molar refractivity (Wildman–Crippen MR) is 53.7 cm³/mol. The summed E-state index contributed by atoms with van der Waals surface area (Å²) in [6, 6.07) is 3.33. The minimum absolute atomic E-state index is 0.409. The highest BCUT2D eigenvalue weighted by Gasteiger charge is 2.04. The number of amides is 1. The van der Waals surface area contributed by atoms with Crippen LogP contribution in [0.2, 0.25) is 0 Å². The molecule has 4 heteroatoms. The molecule has 0 aromatic carbocycles. The highest BCUT2D eigenvalue weighted by molar-refractivity contribution is 7.99. The minimum Gasteiger partial charge on any atom is -0.366 e. The second-order valence-electron chi connectivity index (χ2n) is 2.91. The van der Waals surface area contributed by atoms with Crippen LogP contribution >= 0.6 is 11.8 Å². The Labute approximate surface area is 81.7 Å². The summed E-state index contributed by atoms with van der Waals surface area (Å²) in [4.78, 5) is 14.9. The van der Waals surface area contributed by atoms with Crippen LogP contribution in [0.1, 0.15) is 24.2 Å². The van der Waals surface area contributed by atoms with E-state index in [1.54, 1.807) is 30.1 Å². The Hall–Kier alpha value is -1.03. The zero-order valence-corrected chi connectivity index (χ0v) is 8.47. The van der Waals surface area contributed by atoms with E-state index in [0.29, 0.717) is 10.8 Å². The summed E-state index contributed by atoms with van der Waals surface area (Å²) in [5.74, 6) is -0.409. The van der Waals surface area contributed by atoms with Crippen LogP contribution in [-0.4, -0.2) is 16.1 Å². The normalized spacial score (nSPS) is 10.4. The summed E-state index contributed by atoms with van der Waals surface area (Å²) in [6.07, 6.45) is 1.60. The molecule has 0 saturated carbocycles. The average Bonchev–Trinajstić information content (AvgIpc) is 2.03. The zero-order chi connectivity index (χ0) is 9.84. The topological polar surface area (TPSA) is 56.0 Å². The molecule has 0 spiro atoms. The maximum Gasteiger partial charge on any atom is 0.248 e. The first kappa shape index (κ1) is 10.1. The average molecular weight is 196 g/mol. The van der Waals surface area contributed by atoms with Gasteiger partial charge in [-0.2, -0.15) is 0 Å². The fourth-order valence-electron chi connectivity index (χ4n) is 0.869. The number of primary amides is 1. The molecule has 70 valence electrons. The molecule has 1 rings (SSSR count). The van der Waals surface area contributed by atoms with Gasteiger partial charge in [-0.25, -0.2) is 4.98 Å². The molecule has 0 bridgehead atoms. The van der Waals surface area contributed by atoms with Crippen molar-refractivity contribution >= 4 is 17.7 Å². The predicted octanol–water partition coefficient (Wildman–Crippen LogP) is 1.68.